The first-order valence-electron chi connectivity index (χ1n) is 4.46. The standard InChI is InChI=1S/C11H10BrF2NO/c1-15(2)6-5-9(16)10-8(13)4-3-7(12)11(10)14/h3-6H,1-2H3. The molecule has 0 radical (unpaired) electrons. The average molecular weight is 290 g/mol. The van der Waals surface area contributed by atoms with Gasteiger partial charge in [-0.1, -0.05) is 0 Å². The van der Waals surface area contributed by atoms with E-state index in [1.54, 1.807) is 19.0 Å². The number of hydrogen-bond acceptors (Lipinski definition) is 2. The van der Waals surface area contributed by atoms with E-state index in [1.807, 2.05) is 0 Å². The second kappa shape index (κ2) is 5.21. The van der Waals surface area contributed by atoms with E-state index < -0.39 is 23.0 Å². The van der Waals surface area contributed by atoms with E-state index >= 15 is 0 Å². The molecule has 0 atom stereocenters. The summed E-state index contributed by atoms with van der Waals surface area (Å²) < 4.78 is 26.8. The first-order valence-corrected chi connectivity index (χ1v) is 5.25. The number of benzene rings is 1. The van der Waals surface area contributed by atoms with Crippen molar-refractivity contribution >= 4 is 21.7 Å². The van der Waals surface area contributed by atoms with E-state index in [4.69, 9.17) is 0 Å². The summed E-state index contributed by atoms with van der Waals surface area (Å²) in [6.07, 6.45) is 2.55. The number of rotatable bonds is 3. The predicted molar refractivity (Wildman–Crippen MR) is 61.2 cm³/mol. The van der Waals surface area contributed by atoms with Gasteiger partial charge < -0.3 is 4.90 Å². The van der Waals surface area contributed by atoms with Gasteiger partial charge in [-0.3, -0.25) is 4.79 Å². The molecule has 0 aliphatic rings. The third-order valence-corrected chi connectivity index (χ3v) is 2.43. The Morgan fingerprint density at radius 1 is 1.38 bits per heavy atom. The van der Waals surface area contributed by atoms with Crippen LogP contribution in [0.15, 0.2) is 28.9 Å². The highest BCUT2D eigenvalue weighted by atomic mass is 79.9. The van der Waals surface area contributed by atoms with Crippen LogP contribution in [-0.2, 0) is 0 Å². The van der Waals surface area contributed by atoms with Crippen LogP contribution >= 0.6 is 15.9 Å². The maximum Gasteiger partial charge on any atom is 0.193 e. The lowest BCUT2D eigenvalue weighted by molar-refractivity contribution is 0.103. The molecule has 1 aromatic carbocycles. The number of halogens is 3. The van der Waals surface area contributed by atoms with Crippen molar-refractivity contribution in [1.82, 2.24) is 4.90 Å². The zero-order chi connectivity index (χ0) is 12.3. The number of carbonyl (C=O) groups is 1. The molecule has 16 heavy (non-hydrogen) atoms. The molecule has 0 unspecified atom stereocenters. The van der Waals surface area contributed by atoms with Crippen molar-refractivity contribution in [3.8, 4) is 0 Å². The molecule has 0 aliphatic carbocycles. The quantitative estimate of drug-likeness (QED) is 0.484. The Morgan fingerprint density at radius 3 is 2.56 bits per heavy atom. The molecular weight excluding hydrogens is 280 g/mol. The molecule has 0 bridgehead atoms. The van der Waals surface area contributed by atoms with Crippen LogP contribution in [0.3, 0.4) is 0 Å². The van der Waals surface area contributed by atoms with E-state index in [0.717, 1.165) is 12.1 Å². The van der Waals surface area contributed by atoms with Gasteiger partial charge >= 0.3 is 0 Å². The van der Waals surface area contributed by atoms with Gasteiger partial charge in [0.15, 0.2) is 11.6 Å². The number of hydrogen-bond donors (Lipinski definition) is 0. The molecule has 0 spiro atoms. The van der Waals surface area contributed by atoms with Crippen LogP contribution in [0.25, 0.3) is 0 Å². The van der Waals surface area contributed by atoms with Gasteiger partial charge in [0.2, 0.25) is 0 Å². The van der Waals surface area contributed by atoms with Crippen LogP contribution in [0.5, 0.6) is 0 Å². The van der Waals surface area contributed by atoms with Crippen molar-refractivity contribution in [1.29, 1.82) is 0 Å². The summed E-state index contributed by atoms with van der Waals surface area (Å²) in [5, 5.41) is 0. The Kier molecular flexibility index (Phi) is 4.18. The maximum absolute atomic E-state index is 13.5. The van der Waals surface area contributed by atoms with Gasteiger partial charge in [0.25, 0.3) is 0 Å². The van der Waals surface area contributed by atoms with Crippen molar-refractivity contribution in [2.45, 2.75) is 0 Å². The van der Waals surface area contributed by atoms with Gasteiger partial charge in [-0.2, -0.15) is 0 Å². The van der Waals surface area contributed by atoms with Gasteiger partial charge in [-0.25, -0.2) is 8.78 Å². The van der Waals surface area contributed by atoms with E-state index in [-0.39, 0.29) is 4.47 Å². The van der Waals surface area contributed by atoms with Crippen LogP contribution in [0.4, 0.5) is 8.78 Å². The molecule has 0 aliphatic heterocycles. The van der Waals surface area contributed by atoms with Crippen LogP contribution in [0, 0.1) is 11.6 Å². The molecule has 5 heteroatoms. The summed E-state index contributed by atoms with van der Waals surface area (Å²) in [4.78, 5) is 13.1. The highest BCUT2D eigenvalue weighted by molar-refractivity contribution is 9.10. The molecule has 2 nitrogen and oxygen atoms in total. The number of nitrogens with zero attached hydrogens (tertiary/aromatic N) is 1. The highest BCUT2D eigenvalue weighted by Gasteiger charge is 2.17. The monoisotopic (exact) mass is 289 g/mol. The van der Waals surface area contributed by atoms with Crippen LogP contribution < -0.4 is 0 Å². The van der Waals surface area contributed by atoms with E-state index in [0.29, 0.717) is 0 Å². The summed E-state index contributed by atoms with van der Waals surface area (Å²) >= 11 is 2.90. The van der Waals surface area contributed by atoms with Crippen LogP contribution in [-0.4, -0.2) is 24.8 Å². The lowest BCUT2D eigenvalue weighted by atomic mass is 10.1. The van der Waals surface area contributed by atoms with Crippen molar-refractivity contribution < 1.29 is 13.6 Å². The lowest BCUT2D eigenvalue weighted by Gasteiger charge is -2.05. The third-order valence-electron chi connectivity index (χ3n) is 1.81. The molecular formula is C11H10BrF2NO. The van der Waals surface area contributed by atoms with Crippen molar-refractivity contribution in [2.75, 3.05) is 14.1 Å². The number of ketones is 1. The minimum Gasteiger partial charge on any atom is -0.383 e. The Labute approximate surface area is 101 Å². The van der Waals surface area contributed by atoms with Gasteiger partial charge in [0.1, 0.15) is 5.82 Å². The predicted octanol–water partition coefficient (Wildman–Crippen LogP) is 2.99. The van der Waals surface area contributed by atoms with Gasteiger partial charge in [0.05, 0.1) is 10.0 Å². The molecule has 0 N–H and O–H groups in total. The van der Waals surface area contributed by atoms with E-state index in [2.05, 4.69) is 15.9 Å². The second-order valence-electron chi connectivity index (χ2n) is 3.36. The topological polar surface area (TPSA) is 20.3 Å². The molecule has 0 saturated heterocycles. The fourth-order valence-electron chi connectivity index (χ4n) is 1.05. The SMILES string of the molecule is CN(C)C=CC(=O)c1c(F)ccc(Br)c1F. The van der Waals surface area contributed by atoms with Crippen molar-refractivity contribution in [3.63, 3.8) is 0 Å². The zero-order valence-corrected chi connectivity index (χ0v) is 10.4. The number of carbonyl (C=O) groups excluding carboxylic acids is 1. The molecule has 0 saturated carbocycles. The van der Waals surface area contributed by atoms with Crippen molar-refractivity contribution in [3.05, 3.63) is 46.1 Å². The minimum absolute atomic E-state index is 0.0653. The lowest BCUT2D eigenvalue weighted by Crippen LogP contribution is -2.07. The summed E-state index contributed by atoms with van der Waals surface area (Å²) in [6.45, 7) is 0. The summed E-state index contributed by atoms with van der Waals surface area (Å²) in [7, 11) is 3.41. The molecule has 1 aromatic rings. The molecule has 0 fully saturated rings. The second-order valence-corrected chi connectivity index (χ2v) is 4.22. The van der Waals surface area contributed by atoms with Gasteiger partial charge in [-0.15, -0.1) is 0 Å². The smallest absolute Gasteiger partial charge is 0.193 e. The highest BCUT2D eigenvalue weighted by Crippen LogP contribution is 2.22. The van der Waals surface area contributed by atoms with Gasteiger partial charge in [0, 0.05) is 26.4 Å². The van der Waals surface area contributed by atoms with Crippen LogP contribution in [0.1, 0.15) is 10.4 Å². The van der Waals surface area contributed by atoms with Crippen molar-refractivity contribution in [2.24, 2.45) is 0 Å². The third kappa shape index (κ3) is 2.88. The molecule has 0 aromatic heterocycles. The normalized spacial score (nSPS) is 10.8. The van der Waals surface area contributed by atoms with Crippen LogP contribution in [0.2, 0.25) is 0 Å². The van der Waals surface area contributed by atoms with E-state index in [1.165, 1.54) is 12.3 Å². The largest absolute Gasteiger partial charge is 0.383 e. The van der Waals surface area contributed by atoms with E-state index in [9.17, 15) is 13.6 Å². The maximum atomic E-state index is 13.5. The molecule has 0 amide bonds. The summed E-state index contributed by atoms with van der Waals surface area (Å²) in [6, 6.07) is 2.26. The Bertz CT molecular complexity index is 444. The molecule has 1 rings (SSSR count). The summed E-state index contributed by atoms with van der Waals surface area (Å²) in [5.74, 6) is -2.45. The van der Waals surface area contributed by atoms with Gasteiger partial charge in [-0.05, 0) is 28.1 Å². The Balaban J connectivity index is 3.13. The first kappa shape index (κ1) is 12.8. The number of allylic oxidation sites excluding steroid dienone is 1. The molecule has 86 valence electrons. The Hall–Kier alpha value is -1.23. The zero-order valence-electron chi connectivity index (χ0n) is 8.80. The first-order chi connectivity index (χ1) is 7.43. The Morgan fingerprint density at radius 2 is 2.00 bits per heavy atom. The summed E-state index contributed by atoms with van der Waals surface area (Å²) in [5.41, 5.74) is -0.549. The fraction of sp³-hybridized carbons (Fsp3) is 0.182. The minimum atomic E-state index is -0.881. The average Bonchev–Trinajstić information content (AvgIpc) is 2.21. The fourth-order valence-corrected chi connectivity index (χ4v) is 1.38. The molecule has 0 heterocycles.